The molecule has 1 aromatic carbocycles. The maximum Gasteiger partial charge on any atom is 0.255 e. The van der Waals surface area contributed by atoms with E-state index in [0.29, 0.717) is 23.5 Å². The van der Waals surface area contributed by atoms with E-state index in [1.165, 1.54) is 0 Å². The van der Waals surface area contributed by atoms with Crippen LogP contribution in [0.5, 0.6) is 5.75 Å². The fraction of sp³-hybridized carbons (Fsp3) is 0.500. The summed E-state index contributed by atoms with van der Waals surface area (Å²) in [7, 11) is 1.56. The Morgan fingerprint density at radius 3 is 3.00 bits per heavy atom. The summed E-state index contributed by atoms with van der Waals surface area (Å²) >= 11 is 0. The fourth-order valence-electron chi connectivity index (χ4n) is 2.43. The molecular weight excluding hydrogens is 244 g/mol. The first-order valence-corrected chi connectivity index (χ1v) is 6.49. The van der Waals surface area contributed by atoms with Crippen molar-refractivity contribution in [2.45, 2.75) is 12.8 Å². The molecule has 104 valence electrons. The highest BCUT2D eigenvalue weighted by Gasteiger charge is 2.25. The number of nitrogens with two attached hydrogens (primary N) is 1. The number of benzene rings is 1. The smallest absolute Gasteiger partial charge is 0.255 e. The SMILES string of the molecule is COc1ccc(C(=O)N2CCCC(CO)C2)c(N)c1. The van der Waals surface area contributed by atoms with Gasteiger partial charge in [0, 0.05) is 31.5 Å². The van der Waals surface area contributed by atoms with Crippen LogP contribution in [0.4, 0.5) is 5.69 Å². The summed E-state index contributed by atoms with van der Waals surface area (Å²) in [6, 6.07) is 5.08. The Bertz CT molecular complexity index is 462. The van der Waals surface area contributed by atoms with Crippen LogP contribution in [-0.4, -0.2) is 42.7 Å². The predicted molar refractivity (Wildman–Crippen MR) is 73.1 cm³/mol. The number of methoxy groups -OCH3 is 1. The van der Waals surface area contributed by atoms with E-state index in [4.69, 9.17) is 10.5 Å². The van der Waals surface area contributed by atoms with Gasteiger partial charge in [0.2, 0.25) is 0 Å². The predicted octanol–water partition coefficient (Wildman–Crippen LogP) is 1.12. The van der Waals surface area contributed by atoms with Crippen LogP contribution in [0.25, 0.3) is 0 Å². The van der Waals surface area contributed by atoms with Crippen molar-refractivity contribution in [2.24, 2.45) is 5.92 Å². The number of carbonyl (C=O) groups is 1. The number of nitrogens with zero attached hydrogens (tertiary/aromatic N) is 1. The summed E-state index contributed by atoms with van der Waals surface area (Å²) in [4.78, 5) is 14.2. The molecule has 5 nitrogen and oxygen atoms in total. The van der Waals surface area contributed by atoms with Crippen LogP contribution < -0.4 is 10.5 Å². The first-order chi connectivity index (χ1) is 9.15. The molecule has 1 saturated heterocycles. The molecule has 19 heavy (non-hydrogen) atoms. The first-order valence-electron chi connectivity index (χ1n) is 6.49. The van der Waals surface area contributed by atoms with Crippen LogP contribution in [0.15, 0.2) is 18.2 Å². The van der Waals surface area contributed by atoms with Crippen LogP contribution in [0, 0.1) is 5.92 Å². The number of hydrogen-bond donors (Lipinski definition) is 2. The van der Waals surface area contributed by atoms with Crippen LogP contribution >= 0.6 is 0 Å². The Balaban J connectivity index is 2.15. The molecule has 1 aliphatic rings. The summed E-state index contributed by atoms with van der Waals surface area (Å²) in [6.07, 6.45) is 1.89. The molecule has 3 N–H and O–H groups in total. The number of hydrogen-bond acceptors (Lipinski definition) is 4. The molecule has 1 aromatic rings. The number of anilines is 1. The average molecular weight is 264 g/mol. The fourth-order valence-corrected chi connectivity index (χ4v) is 2.43. The van der Waals surface area contributed by atoms with Crippen molar-refractivity contribution >= 4 is 11.6 Å². The molecule has 1 amide bonds. The minimum absolute atomic E-state index is 0.0710. The van der Waals surface area contributed by atoms with Crippen molar-refractivity contribution < 1.29 is 14.6 Å². The van der Waals surface area contributed by atoms with Gasteiger partial charge < -0.3 is 20.5 Å². The first kappa shape index (κ1) is 13.7. The van der Waals surface area contributed by atoms with Gasteiger partial charge in [-0.2, -0.15) is 0 Å². The molecule has 0 aromatic heterocycles. The van der Waals surface area contributed by atoms with Crippen molar-refractivity contribution in [3.8, 4) is 5.75 Å². The van der Waals surface area contributed by atoms with Gasteiger partial charge >= 0.3 is 0 Å². The zero-order valence-corrected chi connectivity index (χ0v) is 11.1. The van der Waals surface area contributed by atoms with E-state index in [1.807, 2.05) is 0 Å². The highest BCUT2D eigenvalue weighted by Crippen LogP contribution is 2.23. The number of aliphatic hydroxyl groups is 1. The Hall–Kier alpha value is -1.75. The van der Waals surface area contributed by atoms with Gasteiger partial charge in [0.25, 0.3) is 5.91 Å². The molecule has 1 atom stereocenters. The Labute approximate surface area is 113 Å². The van der Waals surface area contributed by atoms with Crippen LogP contribution in [0.1, 0.15) is 23.2 Å². The molecule has 1 fully saturated rings. The second kappa shape index (κ2) is 5.93. The van der Waals surface area contributed by atoms with Gasteiger partial charge in [-0.15, -0.1) is 0 Å². The molecule has 0 saturated carbocycles. The van der Waals surface area contributed by atoms with Crippen LogP contribution in [-0.2, 0) is 0 Å². The summed E-state index contributed by atoms with van der Waals surface area (Å²) < 4.78 is 5.07. The van der Waals surface area contributed by atoms with Crippen molar-refractivity contribution in [3.63, 3.8) is 0 Å². The van der Waals surface area contributed by atoms with Crippen molar-refractivity contribution in [1.82, 2.24) is 4.90 Å². The molecule has 0 spiro atoms. The minimum Gasteiger partial charge on any atom is -0.497 e. The number of piperidine rings is 1. The van der Waals surface area contributed by atoms with Gasteiger partial charge in [-0.25, -0.2) is 0 Å². The van der Waals surface area contributed by atoms with E-state index in [0.717, 1.165) is 19.4 Å². The Morgan fingerprint density at radius 1 is 1.58 bits per heavy atom. The maximum atomic E-state index is 12.4. The normalized spacial score (nSPS) is 19.3. The third-order valence-electron chi connectivity index (χ3n) is 3.55. The van der Waals surface area contributed by atoms with Crippen LogP contribution in [0.3, 0.4) is 0 Å². The Kier molecular flexibility index (Phi) is 4.27. The van der Waals surface area contributed by atoms with Gasteiger partial charge in [-0.05, 0) is 30.9 Å². The van der Waals surface area contributed by atoms with E-state index >= 15 is 0 Å². The quantitative estimate of drug-likeness (QED) is 0.802. The number of likely N-dealkylation sites (tertiary alicyclic amines) is 1. The lowest BCUT2D eigenvalue weighted by Crippen LogP contribution is -2.41. The second-order valence-electron chi connectivity index (χ2n) is 4.90. The van der Waals surface area contributed by atoms with E-state index in [1.54, 1.807) is 30.2 Å². The van der Waals surface area contributed by atoms with E-state index in [9.17, 15) is 9.90 Å². The number of rotatable bonds is 3. The summed E-state index contributed by atoms with van der Waals surface area (Å²) in [5.41, 5.74) is 6.82. The number of carbonyl (C=O) groups excluding carboxylic acids is 1. The van der Waals surface area contributed by atoms with Gasteiger partial charge in [-0.3, -0.25) is 4.79 Å². The molecule has 5 heteroatoms. The second-order valence-corrected chi connectivity index (χ2v) is 4.90. The lowest BCUT2D eigenvalue weighted by atomic mass is 9.98. The van der Waals surface area contributed by atoms with Gasteiger partial charge in [-0.1, -0.05) is 0 Å². The van der Waals surface area contributed by atoms with Gasteiger partial charge in [0.1, 0.15) is 5.75 Å². The summed E-state index contributed by atoms with van der Waals surface area (Å²) in [5.74, 6) is 0.747. The molecule has 1 unspecified atom stereocenters. The average Bonchev–Trinajstić information content (AvgIpc) is 2.46. The van der Waals surface area contributed by atoms with E-state index < -0.39 is 0 Å². The van der Waals surface area contributed by atoms with Gasteiger partial charge in [0.15, 0.2) is 0 Å². The van der Waals surface area contributed by atoms with Crippen LogP contribution in [0.2, 0.25) is 0 Å². The molecular formula is C14H20N2O3. The zero-order valence-electron chi connectivity index (χ0n) is 11.1. The monoisotopic (exact) mass is 264 g/mol. The van der Waals surface area contributed by atoms with Crippen molar-refractivity contribution in [3.05, 3.63) is 23.8 Å². The molecule has 1 heterocycles. The third-order valence-corrected chi connectivity index (χ3v) is 3.55. The van der Waals surface area contributed by atoms with Crippen molar-refractivity contribution in [2.75, 3.05) is 32.5 Å². The summed E-state index contributed by atoms with van der Waals surface area (Å²) in [6.45, 7) is 1.45. The number of aliphatic hydroxyl groups excluding tert-OH is 1. The standard InChI is InChI=1S/C14H20N2O3/c1-19-11-4-5-12(13(15)7-11)14(18)16-6-2-3-10(8-16)9-17/h4-5,7,10,17H,2-3,6,8-9,15H2,1H3. The molecule has 1 aliphatic heterocycles. The summed E-state index contributed by atoms with van der Waals surface area (Å²) in [5, 5.41) is 9.20. The lowest BCUT2D eigenvalue weighted by molar-refractivity contribution is 0.0622. The highest BCUT2D eigenvalue weighted by atomic mass is 16.5. The number of nitrogen functional groups attached to an aromatic ring is 1. The third kappa shape index (κ3) is 2.98. The number of ether oxygens (including phenoxy) is 1. The minimum atomic E-state index is -0.0710. The molecule has 0 bridgehead atoms. The number of amides is 1. The van der Waals surface area contributed by atoms with E-state index in [-0.39, 0.29) is 18.4 Å². The topological polar surface area (TPSA) is 75.8 Å². The van der Waals surface area contributed by atoms with Crippen molar-refractivity contribution in [1.29, 1.82) is 0 Å². The molecule has 2 rings (SSSR count). The largest absolute Gasteiger partial charge is 0.497 e. The highest BCUT2D eigenvalue weighted by molar-refractivity contribution is 5.99. The zero-order chi connectivity index (χ0) is 13.8. The lowest BCUT2D eigenvalue weighted by Gasteiger charge is -2.32. The molecule has 0 aliphatic carbocycles. The van der Waals surface area contributed by atoms with E-state index in [2.05, 4.69) is 0 Å². The molecule has 0 radical (unpaired) electrons. The van der Waals surface area contributed by atoms with Gasteiger partial charge in [0.05, 0.1) is 12.7 Å². The maximum absolute atomic E-state index is 12.4. The Morgan fingerprint density at radius 2 is 2.37 bits per heavy atom.